The molecule has 2 heterocycles. The molecule has 136 valence electrons. The van der Waals surface area contributed by atoms with E-state index in [1.807, 2.05) is 30.0 Å². The summed E-state index contributed by atoms with van der Waals surface area (Å²) in [4.78, 5) is 31.3. The molecular weight excluding hydrogens is 326 g/mol. The van der Waals surface area contributed by atoms with E-state index >= 15 is 0 Å². The molecule has 5 heteroatoms. The molecule has 0 atom stereocenters. The van der Waals surface area contributed by atoms with E-state index in [4.69, 9.17) is 0 Å². The molecule has 1 aliphatic heterocycles. The van der Waals surface area contributed by atoms with Crippen LogP contribution in [0.25, 0.3) is 6.08 Å². The number of pyridine rings is 1. The van der Waals surface area contributed by atoms with Crippen LogP contribution in [0.1, 0.15) is 28.5 Å². The average molecular weight is 351 g/mol. The normalized spacial score (nSPS) is 15.5. The molecule has 5 nitrogen and oxygen atoms in total. The Morgan fingerprint density at radius 3 is 2.54 bits per heavy atom. The molecule has 0 radical (unpaired) electrons. The number of piperazine rings is 1. The molecule has 0 aliphatic carbocycles. The molecule has 1 aliphatic rings. The first kappa shape index (κ1) is 18.1. The summed E-state index contributed by atoms with van der Waals surface area (Å²) >= 11 is 0. The molecule has 26 heavy (non-hydrogen) atoms. The Labute approximate surface area is 154 Å². The molecule has 0 saturated carbocycles. The minimum absolute atomic E-state index is 0.0507. The van der Waals surface area contributed by atoms with Gasteiger partial charge in [0.1, 0.15) is 0 Å². The molecular formula is C21H25N3O2. The molecule has 1 aromatic heterocycles. The first-order valence-corrected chi connectivity index (χ1v) is 9.12. The maximum Gasteiger partial charge on any atom is 0.254 e. The Kier molecular flexibility index (Phi) is 6.02. The van der Waals surface area contributed by atoms with Crippen LogP contribution in [-0.4, -0.2) is 53.4 Å². The molecule has 3 rings (SSSR count). The summed E-state index contributed by atoms with van der Waals surface area (Å²) in [6.07, 6.45) is 5.00. The summed E-state index contributed by atoms with van der Waals surface area (Å²) in [7, 11) is 0. The molecule has 1 fully saturated rings. The van der Waals surface area contributed by atoms with E-state index in [1.165, 1.54) is 11.6 Å². The van der Waals surface area contributed by atoms with Gasteiger partial charge in [-0.3, -0.25) is 14.5 Å². The Morgan fingerprint density at radius 1 is 1.12 bits per heavy atom. The Hall–Kier alpha value is -2.66. The number of nitrogens with one attached hydrogen (secondary N) is 1. The fraction of sp³-hybridized carbons (Fsp3) is 0.333. The van der Waals surface area contributed by atoms with Gasteiger partial charge in [0, 0.05) is 50.0 Å². The quantitative estimate of drug-likeness (QED) is 0.900. The maximum atomic E-state index is 12.7. The molecule has 1 saturated heterocycles. The maximum absolute atomic E-state index is 12.7. The van der Waals surface area contributed by atoms with Gasteiger partial charge >= 0.3 is 0 Å². The molecule has 1 N–H and O–H groups in total. The summed E-state index contributed by atoms with van der Waals surface area (Å²) in [6.45, 7) is 5.89. The summed E-state index contributed by atoms with van der Waals surface area (Å²) < 4.78 is 0. The van der Waals surface area contributed by atoms with Crippen LogP contribution in [0.3, 0.4) is 0 Å². The summed E-state index contributed by atoms with van der Waals surface area (Å²) in [6, 6.07) is 13.4. The van der Waals surface area contributed by atoms with E-state index in [0.29, 0.717) is 25.1 Å². The number of aromatic nitrogens is 1. The highest BCUT2D eigenvalue weighted by molar-refractivity contribution is 5.94. The van der Waals surface area contributed by atoms with Gasteiger partial charge in [0.25, 0.3) is 5.91 Å². The van der Waals surface area contributed by atoms with Gasteiger partial charge in [-0.2, -0.15) is 0 Å². The molecule has 0 bridgehead atoms. The molecule has 1 amide bonds. The van der Waals surface area contributed by atoms with Crippen LogP contribution in [0.5, 0.6) is 0 Å². The number of carbonyl (C=O) groups excluding carboxylic acids is 1. The van der Waals surface area contributed by atoms with E-state index in [0.717, 1.165) is 25.3 Å². The predicted octanol–water partition coefficient (Wildman–Crippen LogP) is 2.41. The number of nitrogens with zero attached hydrogens (tertiary/aromatic N) is 2. The largest absolute Gasteiger partial charge is 0.336 e. The Morgan fingerprint density at radius 2 is 1.85 bits per heavy atom. The second-order valence-corrected chi connectivity index (χ2v) is 6.52. The topological polar surface area (TPSA) is 56.4 Å². The highest BCUT2D eigenvalue weighted by Crippen LogP contribution is 2.09. The van der Waals surface area contributed by atoms with Gasteiger partial charge in [0.2, 0.25) is 5.56 Å². The van der Waals surface area contributed by atoms with Crippen molar-refractivity contribution in [3.05, 3.63) is 75.7 Å². The Bertz CT molecular complexity index is 819. The lowest BCUT2D eigenvalue weighted by atomic mass is 10.1. The van der Waals surface area contributed by atoms with Crippen LogP contribution in [0.15, 0.2) is 53.3 Å². The zero-order chi connectivity index (χ0) is 18.4. The van der Waals surface area contributed by atoms with Crippen molar-refractivity contribution < 1.29 is 4.79 Å². The fourth-order valence-corrected chi connectivity index (χ4v) is 3.13. The first-order chi connectivity index (χ1) is 12.7. The number of H-pyrrole nitrogens is 1. The van der Waals surface area contributed by atoms with Crippen molar-refractivity contribution in [3.8, 4) is 0 Å². The summed E-state index contributed by atoms with van der Waals surface area (Å²) in [5.41, 5.74) is 2.27. The lowest BCUT2D eigenvalue weighted by Crippen LogP contribution is -2.48. The smallest absolute Gasteiger partial charge is 0.254 e. The van der Waals surface area contributed by atoms with Gasteiger partial charge in [0.05, 0.1) is 0 Å². The van der Waals surface area contributed by atoms with Gasteiger partial charge in [-0.1, -0.05) is 49.4 Å². The SMILES string of the molecule is CCc1cc(C(=O)N2CCN(CC=Cc3ccccc3)CC2)cc(=O)[nH]1. The Balaban J connectivity index is 1.53. The first-order valence-electron chi connectivity index (χ1n) is 9.12. The van der Waals surface area contributed by atoms with Crippen molar-refractivity contribution in [2.45, 2.75) is 13.3 Å². The third kappa shape index (κ3) is 4.70. The van der Waals surface area contributed by atoms with Crippen molar-refractivity contribution in [2.75, 3.05) is 32.7 Å². The number of hydrogen-bond donors (Lipinski definition) is 1. The minimum Gasteiger partial charge on any atom is -0.336 e. The van der Waals surface area contributed by atoms with Gasteiger partial charge < -0.3 is 9.88 Å². The standard InChI is InChI=1S/C21H25N3O2/c1-2-19-15-18(16-20(25)22-19)21(26)24-13-11-23(12-14-24)10-6-9-17-7-4-3-5-8-17/h3-9,15-16H,2,10-14H2,1H3,(H,22,25). The number of aryl methyl sites for hydroxylation is 1. The van der Waals surface area contributed by atoms with Crippen LogP contribution in [0.4, 0.5) is 0 Å². The molecule has 2 aromatic rings. The predicted molar refractivity (Wildman–Crippen MR) is 104 cm³/mol. The number of hydrogen-bond acceptors (Lipinski definition) is 3. The van der Waals surface area contributed by atoms with Crippen LogP contribution < -0.4 is 5.56 Å². The number of carbonyl (C=O) groups is 1. The van der Waals surface area contributed by atoms with Crippen LogP contribution >= 0.6 is 0 Å². The summed E-state index contributed by atoms with van der Waals surface area (Å²) in [5, 5.41) is 0. The van der Waals surface area contributed by atoms with E-state index in [-0.39, 0.29) is 11.5 Å². The average Bonchev–Trinajstić information content (AvgIpc) is 2.68. The van der Waals surface area contributed by atoms with Crippen molar-refractivity contribution in [3.63, 3.8) is 0 Å². The van der Waals surface area contributed by atoms with Gasteiger partial charge in [-0.25, -0.2) is 0 Å². The van der Waals surface area contributed by atoms with E-state index in [9.17, 15) is 9.59 Å². The fourth-order valence-electron chi connectivity index (χ4n) is 3.13. The van der Waals surface area contributed by atoms with Gasteiger partial charge in [-0.05, 0) is 18.1 Å². The number of amides is 1. The zero-order valence-electron chi connectivity index (χ0n) is 15.1. The minimum atomic E-state index is -0.211. The highest BCUT2D eigenvalue weighted by atomic mass is 16.2. The number of aromatic amines is 1. The van der Waals surface area contributed by atoms with Crippen molar-refractivity contribution in [1.82, 2.24) is 14.8 Å². The lowest BCUT2D eigenvalue weighted by molar-refractivity contribution is 0.0650. The van der Waals surface area contributed by atoms with Crippen LogP contribution in [0, 0.1) is 0 Å². The van der Waals surface area contributed by atoms with Crippen molar-refractivity contribution >= 4 is 12.0 Å². The number of benzene rings is 1. The highest BCUT2D eigenvalue weighted by Gasteiger charge is 2.22. The van der Waals surface area contributed by atoms with Crippen molar-refractivity contribution in [1.29, 1.82) is 0 Å². The zero-order valence-corrected chi connectivity index (χ0v) is 15.1. The third-order valence-corrected chi connectivity index (χ3v) is 4.66. The van der Waals surface area contributed by atoms with Gasteiger partial charge in [-0.15, -0.1) is 0 Å². The lowest BCUT2D eigenvalue weighted by Gasteiger charge is -2.34. The van der Waals surface area contributed by atoms with E-state index in [2.05, 4.69) is 34.2 Å². The monoisotopic (exact) mass is 351 g/mol. The number of rotatable bonds is 5. The second-order valence-electron chi connectivity index (χ2n) is 6.52. The summed E-state index contributed by atoms with van der Waals surface area (Å²) in [5.74, 6) is -0.0507. The third-order valence-electron chi connectivity index (χ3n) is 4.66. The van der Waals surface area contributed by atoms with E-state index < -0.39 is 0 Å². The van der Waals surface area contributed by atoms with Gasteiger partial charge in [0.15, 0.2) is 0 Å². The van der Waals surface area contributed by atoms with Crippen molar-refractivity contribution in [2.24, 2.45) is 0 Å². The molecule has 1 aromatic carbocycles. The van der Waals surface area contributed by atoms with Crippen LogP contribution in [-0.2, 0) is 6.42 Å². The second kappa shape index (κ2) is 8.63. The molecule has 0 spiro atoms. The van der Waals surface area contributed by atoms with Crippen LogP contribution in [0.2, 0.25) is 0 Å². The van der Waals surface area contributed by atoms with E-state index in [1.54, 1.807) is 6.07 Å². The molecule has 0 unspecified atom stereocenters.